The third-order valence-electron chi connectivity index (χ3n) is 3.49. The number of H-pyrrole nitrogens is 1. The maximum Gasteiger partial charge on any atom is 0.255 e. The molecule has 1 heterocycles. The van der Waals surface area contributed by atoms with E-state index in [-0.39, 0.29) is 18.3 Å². The number of hydrogen-bond acceptors (Lipinski definition) is 3. The second kappa shape index (κ2) is 7.81. The fourth-order valence-corrected chi connectivity index (χ4v) is 2.38. The van der Waals surface area contributed by atoms with E-state index in [9.17, 15) is 9.18 Å². The smallest absolute Gasteiger partial charge is 0.255 e. The lowest BCUT2D eigenvalue weighted by Gasteiger charge is -2.08. The van der Waals surface area contributed by atoms with Crippen molar-refractivity contribution in [3.63, 3.8) is 0 Å². The predicted octanol–water partition coefficient (Wildman–Crippen LogP) is 3.68. The van der Waals surface area contributed by atoms with E-state index in [0.717, 1.165) is 5.56 Å². The zero-order valence-corrected chi connectivity index (χ0v) is 13.9. The first-order valence-electron chi connectivity index (χ1n) is 7.59. The minimum absolute atomic E-state index is 0.263. The SMILES string of the molecule is O=C(NCCOc1ccc(F)cc1)c1cn[nH]c1-c1ccc(Cl)cc1. The van der Waals surface area contributed by atoms with Gasteiger partial charge < -0.3 is 10.1 Å². The number of hydrogen-bond donors (Lipinski definition) is 2. The first-order chi connectivity index (χ1) is 12.1. The van der Waals surface area contributed by atoms with Crippen molar-refractivity contribution in [1.29, 1.82) is 0 Å². The van der Waals surface area contributed by atoms with Gasteiger partial charge in [-0.3, -0.25) is 9.89 Å². The molecule has 0 saturated heterocycles. The van der Waals surface area contributed by atoms with E-state index >= 15 is 0 Å². The molecule has 3 aromatic rings. The van der Waals surface area contributed by atoms with Crippen LogP contribution in [0.5, 0.6) is 5.75 Å². The summed E-state index contributed by atoms with van der Waals surface area (Å²) in [5, 5.41) is 10.1. The summed E-state index contributed by atoms with van der Waals surface area (Å²) in [6.07, 6.45) is 1.47. The summed E-state index contributed by atoms with van der Waals surface area (Å²) in [4.78, 5) is 12.3. The van der Waals surface area contributed by atoms with Gasteiger partial charge in [-0.05, 0) is 36.4 Å². The molecule has 5 nitrogen and oxygen atoms in total. The highest BCUT2D eigenvalue weighted by Crippen LogP contribution is 2.22. The molecule has 128 valence electrons. The molecule has 0 radical (unpaired) electrons. The number of benzene rings is 2. The number of nitrogens with one attached hydrogen (secondary N) is 2. The molecule has 2 aromatic carbocycles. The minimum atomic E-state index is -0.324. The molecular formula is C18H15ClFN3O2. The molecule has 0 fully saturated rings. The molecule has 1 amide bonds. The molecule has 0 aliphatic carbocycles. The highest BCUT2D eigenvalue weighted by molar-refractivity contribution is 6.30. The van der Waals surface area contributed by atoms with E-state index in [1.807, 2.05) is 12.1 Å². The lowest BCUT2D eigenvalue weighted by Crippen LogP contribution is -2.28. The van der Waals surface area contributed by atoms with E-state index < -0.39 is 0 Å². The quantitative estimate of drug-likeness (QED) is 0.660. The molecule has 0 bridgehead atoms. The van der Waals surface area contributed by atoms with E-state index in [2.05, 4.69) is 15.5 Å². The zero-order chi connectivity index (χ0) is 17.6. The van der Waals surface area contributed by atoms with Crippen molar-refractivity contribution in [1.82, 2.24) is 15.5 Å². The molecule has 25 heavy (non-hydrogen) atoms. The molecule has 0 aliphatic rings. The molecular weight excluding hydrogens is 345 g/mol. The van der Waals surface area contributed by atoms with Gasteiger partial charge in [0, 0.05) is 10.6 Å². The number of carbonyl (C=O) groups excluding carboxylic acids is 1. The van der Waals surface area contributed by atoms with Crippen molar-refractivity contribution in [3.05, 3.63) is 71.1 Å². The van der Waals surface area contributed by atoms with E-state index in [1.54, 1.807) is 12.1 Å². The van der Waals surface area contributed by atoms with Crippen molar-refractivity contribution in [3.8, 4) is 17.0 Å². The Balaban J connectivity index is 1.56. The van der Waals surface area contributed by atoms with Crippen LogP contribution in [-0.4, -0.2) is 29.3 Å². The van der Waals surface area contributed by atoms with Gasteiger partial charge in [0.25, 0.3) is 5.91 Å². The standard InChI is InChI=1S/C18H15ClFN3O2/c19-13-3-1-12(2-4-13)17-16(11-22-23-17)18(24)21-9-10-25-15-7-5-14(20)6-8-15/h1-8,11H,9-10H2,(H,21,24)(H,22,23). The van der Waals surface area contributed by atoms with Gasteiger partial charge in [-0.2, -0.15) is 5.10 Å². The van der Waals surface area contributed by atoms with Crippen molar-refractivity contribution in [2.45, 2.75) is 0 Å². The summed E-state index contributed by atoms with van der Waals surface area (Å²) in [5.41, 5.74) is 1.87. The van der Waals surface area contributed by atoms with Crippen LogP contribution >= 0.6 is 11.6 Å². The minimum Gasteiger partial charge on any atom is -0.492 e. The van der Waals surface area contributed by atoms with Gasteiger partial charge in [-0.15, -0.1) is 0 Å². The average Bonchev–Trinajstić information content (AvgIpc) is 3.10. The molecule has 0 atom stereocenters. The van der Waals surface area contributed by atoms with Crippen LogP contribution in [0.4, 0.5) is 4.39 Å². The monoisotopic (exact) mass is 359 g/mol. The number of ether oxygens (including phenoxy) is 1. The Hall–Kier alpha value is -2.86. The van der Waals surface area contributed by atoms with E-state index in [4.69, 9.17) is 16.3 Å². The number of carbonyl (C=O) groups is 1. The number of aromatic nitrogens is 2. The molecule has 0 saturated carbocycles. The lowest BCUT2D eigenvalue weighted by atomic mass is 10.1. The summed E-state index contributed by atoms with van der Waals surface area (Å²) in [5.74, 6) is -0.0439. The summed E-state index contributed by atoms with van der Waals surface area (Å²) in [7, 11) is 0. The Morgan fingerprint density at radius 2 is 1.88 bits per heavy atom. The molecule has 2 N–H and O–H groups in total. The molecule has 1 aromatic heterocycles. The van der Waals surface area contributed by atoms with Crippen LogP contribution in [0.15, 0.2) is 54.7 Å². The fraction of sp³-hybridized carbons (Fsp3) is 0.111. The molecule has 3 rings (SSSR count). The molecule has 7 heteroatoms. The maximum atomic E-state index is 12.8. The fourth-order valence-electron chi connectivity index (χ4n) is 2.25. The Kier molecular flexibility index (Phi) is 5.30. The topological polar surface area (TPSA) is 67.0 Å². The highest BCUT2D eigenvalue weighted by atomic mass is 35.5. The predicted molar refractivity (Wildman–Crippen MR) is 93.3 cm³/mol. The van der Waals surface area contributed by atoms with Gasteiger partial charge in [-0.1, -0.05) is 23.7 Å². The molecule has 0 aliphatic heterocycles. The Morgan fingerprint density at radius 3 is 2.60 bits per heavy atom. The van der Waals surface area contributed by atoms with Crippen molar-refractivity contribution in [2.24, 2.45) is 0 Å². The van der Waals surface area contributed by atoms with Crippen molar-refractivity contribution < 1.29 is 13.9 Å². The number of rotatable bonds is 6. The van der Waals surface area contributed by atoms with E-state index in [1.165, 1.54) is 30.5 Å². The second-order valence-corrected chi connectivity index (χ2v) is 5.66. The average molecular weight is 360 g/mol. The second-order valence-electron chi connectivity index (χ2n) is 5.22. The van der Waals surface area contributed by atoms with Crippen LogP contribution in [0.2, 0.25) is 5.02 Å². The first kappa shape index (κ1) is 17.0. The summed E-state index contributed by atoms with van der Waals surface area (Å²) in [6, 6.07) is 12.8. The van der Waals surface area contributed by atoms with Crippen LogP contribution in [0.25, 0.3) is 11.3 Å². The van der Waals surface area contributed by atoms with Crippen molar-refractivity contribution >= 4 is 17.5 Å². The van der Waals surface area contributed by atoms with Gasteiger partial charge in [0.1, 0.15) is 18.2 Å². The molecule has 0 unspecified atom stereocenters. The third-order valence-corrected chi connectivity index (χ3v) is 3.74. The zero-order valence-electron chi connectivity index (χ0n) is 13.1. The summed E-state index contributed by atoms with van der Waals surface area (Å²) < 4.78 is 18.2. The Morgan fingerprint density at radius 1 is 1.16 bits per heavy atom. The van der Waals surface area contributed by atoms with Crippen LogP contribution in [0.3, 0.4) is 0 Å². The molecule has 0 spiro atoms. The highest BCUT2D eigenvalue weighted by Gasteiger charge is 2.14. The Bertz CT molecular complexity index is 848. The summed E-state index contributed by atoms with van der Waals surface area (Å²) in [6.45, 7) is 0.576. The lowest BCUT2D eigenvalue weighted by molar-refractivity contribution is 0.0947. The van der Waals surface area contributed by atoms with Crippen LogP contribution in [0, 0.1) is 5.82 Å². The normalized spacial score (nSPS) is 10.5. The number of nitrogens with zero attached hydrogens (tertiary/aromatic N) is 1. The van der Waals surface area contributed by atoms with Crippen LogP contribution in [0.1, 0.15) is 10.4 Å². The van der Waals surface area contributed by atoms with Gasteiger partial charge in [0.15, 0.2) is 0 Å². The Labute approximate surface area is 148 Å². The number of amides is 1. The van der Waals surface area contributed by atoms with Crippen LogP contribution in [-0.2, 0) is 0 Å². The number of aromatic amines is 1. The third kappa shape index (κ3) is 4.36. The first-order valence-corrected chi connectivity index (χ1v) is 7.97. The van der Waals surface area contributed by atoms with Gasteiger partial charge in [0.2, 0.25) is 0 Å². The van der Waals surface area contributed by atoms with Gasteiger partial charge >= 0.3 is 0 Å². The van der Waals surface area contributed by atoms with Gasteiger partial charge in [0.05, 0.1) is 24.0 Å². The maximum absolute atomic E-state index is 12.8. The van der Waals surface area contributed by atoms with E-state index in [0.29, 0.717) is 28.6 Å². The van der Waals surface area contributed by atoms with Gasteiger partial charge in [-0.25, -0.2) is 4.39 Å². The summed E-state index contributed by atoms with van der Waals surface area (Å²) >= 11 is 5.88. The number of halogens is 2. The van der Waals surface area contributed by atoms with Crippen LogP contribution < -0.4 is 10.1 Å². The van der Waals surface area contributed by atoms with Crippen molar-refractivity contribution in [2.75, 3.05) is 13.2 Å². The largest absolute Gasteiger partial charge is 0.492 e.